The Morgan fingerprint density at radius 2 is 2.00 bits per heavy atom. The summed E-state index contributed by atoms with van der Waals surface area (Å²) in [6.07, 6.45) is -0.867. The van der Waals surface area contributed by atoms with E-state index in [-0.39, 0.29) is 5.92 Å². The van der Waals surface area contributed by atoms with Crippen LogP contribution < -0.4 is 0 Å². The highest BCUT2D eigenvalue weighted by atomic mass is 19.1. The van der Waals surface area contributed by atoms with Gasteiger partial charge in [-0.05, 0) is 5.56 Å². The second kappa shape index (κ2) is 5.31. The summed E-state index contributed by atoms with van der Waals surface area (Å²) in [6, 6.07) is 8.36. The number of esters is 1. The largest absolute Gasteiger partial charge is 0.456 e. The third kappa shape index (κ3) is 2.59. The van der Waals surface area contributed by atoms with Crippen molar-refractivity contribution in [1.82, 2.24) is 0 Å². The van der Waals surface area contributed by atoms with E-state index < -0.39 is 24.3 Å². The van der Waals surface area contributed by atoms with Crippen LogP contribution in [0.4, 0.5) is 4.39 Å². The molecule has 0 radical (unpaired) electrons. The molecule has 3 nitrogen and oxygen atoms in total. The SMILES string of the molecule is C[C@H]1C=CC(=O)O[C@H]1[C@@H](O)[C@H](F)c1ccccc1. The molecule has 2 rings (SSSR count). The molecule has 96 valence electrons. The van der Waals surface area contributed by atoms with E-state index in [1.165, 1.54) is 6.08 Å². The fraction of sp³-hybridized carbons (Fsp3) is 0.357. The van der Waals surface area contributed by atoms with E-state index in [1.54, 1.807) is 43.3 Å². The number of rotatable bonds is 3. The number of benzene rings is 1. The van der Waals surface area contributed by atoms with Crippen molar-refractivity contribution in [3.63, 3.8) is 0 Å². The van der Waals surface area contributed by atoms with Gasteiger partial charge in [0.15, 0.2) is 6.17 Å². The van der Waals surface area contributed by atoms with Gasteiger partial charge in [0.05, 0.1) is 0 Å². The molecule has 4 atom stereocenters. The summed E-state index contributed by atoms with van der Waals surface area (Å²) < 4.78 is 19.1. The quantitative estimate of drug-likeness (QED) is 0.836. The topological polar surface area (TPSA) is 46.5 Å². The number of hydrogen-bond donors (Lipinski definition) is 1. The molecule has 0 spiro atoms. The van der Waals surface area contributed by atoms with E-state index in [4.69, 9.17) is 4.74 Å². The fourth-order valence-corrected chi connectivity index (χ4v) is 2.00. The van der Waals surface area contributed by atoms with Crippen molar-refractivity contribution in [3.05, 3.63) is 48.0 Å². The van der Waals surface area contributed by atoms with Crippen molar-refractivity contribution in [2.45, 2.75) is 25.3 Å². The van der Waals surface area contributed by atoms with Crippen LogP contribution in [-0.2, 0) is 9.53 Å². The summed E-state index contributed by atoms with van der Waals surface area (Å²) in [7, 11) is 0. The molecule has 1 heterocycles. The summed E-state index contributed by atoms with van der Waals surface area (Å²) in [4.78, 5) is 11.1. The molecule has 1 aliphatic heterocycles. The summed E-state index contributed by atoms with van der Waals surface area (Å²) in [5.74, 6) is -0.753. The van der Waals surface area contributed by atoms with Gasteiger partial charge in [0, 0.05) is 12.0 Å². The van der Waals surface area contributed by atoms with Gasteiger partial charge in [0.25, 0.3) is 0 Å². The molecule has 1 aliphatic rings. The Balaban J connectivity index is 2.14. The lowest BCUT2D eigenvalue weighted by atomic mass is 9.92. The maximum Gasteiger partial charge on any atom is 0.330 e. The molecule has 0 bridgehead atoms. The van der Waals surface area contributed by atoms with Crippen LogP contribution in [0.5, 0.6) is 0 Å². The van der Waals surface area contributed by atoms with Crippen LogP contribution in [0.1, 0.15) is 18.7 Å². The number of carbonyl (C=O) groups is 1. The molecule has 0 saturated carbocycles. The summed E-state index contributed by atoms with van der Waals surface area (Å²) >= 11 is 0. The number of halogens is 1. The Morgan fingerprint density at radius 3 is 2.67 bits per heavy atom. The van der Waals surface area contributed by atoms with Crippen LogP contribution in [0.25, 0.3) is 0 Å². The number of hydrogen-bond acceptors (Lipinski definition) is 3. The van der Waals surface area contributed by atoms with Gasteiger partial charge in [0.2, 0.25) is 0 Å². The first kappa shape index (κ1) is 12.8. The van der Waals surface area contributed by atoms with Crippen LogP contribution >= 0.6 is 0 Å². The zero-order valence-electron chi connectivity index (χ0n) is 9.99. The van der Waals surface area contributed by atoms with Gasteiger partial charge in [0.1, 0.15) is 12.2 Å². The summed E-state index contributed by atoms with van der Waals surface area (Å²) in [5.41, 5.74) is 0.378. The van der Waals surface area contributed by atoms with Crippen molar-refractivity contribution in [1.29, 1.82) is 0 Å². The Kier molecular flexibility index (Phi) is 3.77. The number of ether oxygens (including phenoxy) is 1. The molecule has 4 heteroatoms. The lowest BCUT2D eigenvalue weighted by Gasteiger charge is -2.30. The predicted molar refractivity (Wildman–Crippen MR) is 64.5 cm³/mol. The molecule has 1 N–H and O–H groups in total. The minimum absolute atomic E-state index is 0.209. The molecule has 0 saturated heterocycles. The van der Waals surface area contributed by atoms with Gasteiger partial charge >= 0.3 is 5.97 Å². The molecule has 0 amide bonds. The first-order valence-corrected chi connectivity index (χ1v) is 5.85. The van der Waals surface area contributed by atoms with Crippen LogP contribution in [-0.4, -0.2) is 23.3 Å². The highest BCUT2D eigenvalue weighted by Gasteiger charge is 2.36. The first-order chi connectivity index (χ1) is 8.59. The molecule has 0 aromatic heterocycles. The highest BCUT2D eigenvalue weighted by Crippen LogP contribution is 2.29. The van der Waals surface area contributed by atoms with Gasteiger partial charge in [-0.3, -0.25) is 0 Å². The van der Waals surface area contributed by atoms with Gasteiger partial charge in [-0.1, -0.05) is 43.3 Å². The van der Waals surface area contributed by atoms with Crippen molar-refractivity contribution in [2.75, 3.05) is 0 Å². The average Bonchev–Trinajstić information content (AvgIpc) is 2.41. The van der Waals surface area contributed by atoms with E-state index in [2.05, 4.69) is 0 Å². The molecule has 1 aromatic carbocycles. The van der Waals surface area contributed by atoms with Crippen LogP contribution in [0.15, 0.2) is 42.5 Å². The lowest BCUT2D eigenvalue weighted by molar-refractivity contribution is -0.157. The number of aliphatic hydroxyl groups is 1. The third-order valence-electron chi connectivity index (χ3n) is 3.06. The van der Waals surface area contributed by atoms with E-state index in [1.807, 2.05) is 0 Å². The van der Waals surface area contributed by atoms with Crippen molar-refractivity contribution >= 4 is 5.97 Å². The number of carbonyl (C=O) groups excluding carboxylic acids is 1. The summed E-state index contributed by atoms with van der Waals surface area (Å²) in [6.45, 7) is 1.77. The second-order valence-electron chi connectivity index (χ2n) is 4.42. The maximum atomic E-state index is 14.1. The maximum absolute atomic E-state index is 14.1. The van der Waals surface area contributed by atoms with Crippen LogP contribution in [0.2, 0.25) is 0 Å². The smallest absolute Gasteiger partial charge is 0.330 e. The van der Waals surface area contributed by atoms with Gasteiger partial charge in [-0.25, -0.2) is 9.18 Å². The van der Waals surface area contributed by atoms with Crippen molar-refractivity contribution in [2.24, 2.45) is 5.92 Å². The monoisotopic (exact) mass is 250 g/mol. The Labute approximate surface area is 105 Å². The van der Waals surface area contributed by atoms with E-state index in [0.717, 1.165) is 0 Å². The number of cyclic esters (lactones) is 1. The number of alkyl halides is 1. The molecule has 0 aliphatic carbocycles. The zero-order chi connectivity index (χ0) is 13.1. The van der Waals surface area contributed by atoms with Gasteiger partial charge in [-0.15, -0.1) is 0 Å². The molecule has 0 unspecified atom stereocenters. The standard InChI is InChI=1S/C14H15FO3/c1-9-7-8-11(16)18-14(9)13(17)12(15)10-5-3-2-4-6-10/h2-9,12-14,17H,1H3/t9-,12+,13-,14+/m0/s1. The Hall–Kier alpha value is -1.68. The van der Waals surface area contributed by atoms with E-state index in [9.17, 15) is 14.3 Å². The van der Waals surface area contributed by atoms with Crippen molar-refractivity contribution in [3.8, 4) is 0 Å². The van der Waals surface area contributed by atoms with E-state index in [0.29, 0.717) is 5.56 Å². The molecule has 0 fully saturated rings. The van der Waals surface area contributed by atoms with Gasteiger partial charge < -0.3 is 9.84 Å². The molecular formula is C14H15FO3. The molecular weight excluding hydrogens is 235 g/mol. The van der Waals surface area contributed by atoms with E-state index >= 15 is 0 Å². The third-order valence-corrected chi connectivity index (χ3v) is 3.06. The number of aliphatic hydroxyl groups excluding tert-OH is 1. The zero-order valence-corrected chi connectivity index (χ0v) is 9.99. The fourth-order valence-electron chi connectivity index (χ4n) is 2.00. The minimum atomic E-state index is -1.57. The predicted octanol–water partition coefficient (Wildman–Crippen LogP) is 2.18. The van der Waals surface area contributed by atoms with Crippen LogP contribution in [0.3, 0.4) is 0 Å². The normalized spacial score (nSPS) is 26.5. The van der Waals surface area contributed by atoms with Crippen LogP contribution in [0, 0.1) is 5.92 Å². The molecule has 18 heavy (non-hydrogen) atoms. The second-order valence-corrected chi connectivity index (χ2v) is 4.42. The lowest BCUT2D eigenvalue weighted by Crippen LogP contribution is -2.40. The minimum Gasteiger partial charge on any atom is -0.456 e. The first-order valence-electron chi connectivity index (χ1n) is 5.85. The highest BCUT2D eigenvalue weighted by molar-refractivity contribution is 5.83. The van der Waals surface area contributed by atoms with Crippen molar-refractivity contribution < 1.29 is 19.0 Å². The Morgan fingerprint density at radius 1 is 1.33 bits per heavy atom. The summed E-state index contributed by atoms with van der Waals surface area (Å²) in [5, 5.41) is 10.00. The molecule has 1 aromatic rings. The Bertz CT molecular complexity index is 444. The average molecular weight is 250 g/mol. The van der Waals surface area contributed by atoms with Gasteiger partial charge in [-0.2, -0.15) is 0 Å².